The molecule has 3 nitrogen and oxygen atoms in total. The number of halogens is 1. The van der Waals surface area contributed by atoms with Crippen LogP contribution in [0.25, 0.3) is 0 Å². The first-order valence-electron chi connectivity index (χ1n) is 5.96. The quantitative estimate of drug-likeness (QED) is 0.801. The molecule has 0 bridgehead atoms. The van der Waals surface area contributed by atoms with Gasteiger partial charge >= 0.3 is 0 Å². The summed E-state index contributed by atoms with van der Waals surface area (Å²) >= 11 is 7.85. The van der Waals surface area contributed by atoms with Gasteiger partial charge in [0.2, 0.25) is 0 Å². The topological polar surface area (TPSA) is 29.0 Å². The third-order valence-corrected chi connectivity index (χ3v) is 4.93. The fourth-order valence-corrected chi connectivity index (χ4v) is 3.36. The molecule has 94 valence electrons. The fraction of sp³-hybridized carbons (Fsp3) is 0.385. The van der Waals surface area contributed by atoms with Crippen LogP contribution >= 0.6 is 22.9 Å². The lowest BCUT2D eigenvalue weighted by Crippen LogP contribution is -2.31. The zero-order chi connectivity index (χ0) is 12.7. The molecule has 0 atom stereocenters. The van der Waals surface area contributed by atoms with Crippen molar-refractivity contribution in [3.63, 3.8) is 0 Å². The first kappa shape index (κ1) is 11.9. The highest BCUT2D eigenvalue weighted by atomic mass is 35.5. The van der Waals surface area contributed by atoms with Gasteiger partial charge in [0.1, 0.15) is 0 Å². The molecular weight excluding hydrogens is 266 g/mol. The van der Waals surface area contributed by atoms with E-state index < -0.39 is 0 Å². The predicted octanol–water partition coefficient (Wildman–Crippen LogP) is 3.37. The Morgan fingerprint density at radius 1 is 1.28 bits per heavy atom. The summed E-state index contributed by atoms with van der Waals surface area (Å²) in [5.74, 6) is 0.966. The molecule has 0 N–H and O–H groups in total. The van der Waals surface area contributed by atoms with E-state index in [0.717, 1.165) is 36.5 Å². The minimum absolute atomic E-state index is 0.504. The van der Waals surface area contributed by atoms with Crippen molar-refractivity contribution in [3.05, 3.63) is 38.2 Å². The van der Waals surface area contributed by atoms with Crippen molar-refractivity contribution < 1.29 is 0 Å². The van der Waals surface area contributed by atoms with Crippen LogP contribution in [0.4, 0.5) is 5.82 Å². The molecule has 1 aliphatic rings. The third kappa shape index (κ3) is 1.89. The second-order valence-corrected chi connectivity index (χ2v) is 5.96. The summed E-state index contributed by atoms with van der Waals surface area (Å²) in [4.78, 5) is 3.79. The van der Waals surface area contributed by atoms with E-state index in [9.17, 15) is 0 Å². The maximum atomic E-state index is 6.00. The number of hydrogen-bond acceptors (Lipinski definition) is 4. The number of hydrogen-bond donors (Lipinski definition) is 0. The Balaban J connectivity index is 1.96. The van der Waals surface area contributed by atoms with Crippen LogP contribution in [-0.4, -0.2) is 16.7 Å². The largest absolute Gasteiger partial charge is 0.350 e. The molecule has 3 heterocycles. The zero-order valence-corrected chi connectivity index (χ0v) is 12.0. The summed E-state index contributed by atoms with van der Waals surface area (Å²) in [6, 6.07) is 2.21. The molecule has 5 heteroatoms. The molecule has 2 aromatic rings. The van der Waals surface area contributed by atoms with E-state index in [1.807, 2.05) is 18.3 Å². The molecule has 0 saturated heterocycles. The molecule has 0 aromatic carbocycles. The van der Waals surface area contributed by atoms with Crippen LogP contribution < -0.4 is 4.90 Å². The summed E-state index contributed by atoms with van der Waals surface area (Å²) in [7, 11) is 0. The van der Waals surface area contributed by atoms with Crippen LogP contribution in [0.2, 0.25) is 5.15 Å². The van der Waals surface area contributed by atoms with Crippen molar-refractivity contribution in [1.29, 1.82) is 0 Å². The molecule has 0 aliphatic carbocycles. The molecule has 0 saturated carbocycles. The van der Waals surface area contributed by atoms with Gasteiger partial charge in [-0.1, -0.05) is 11.6 Å². The predicted molar refractivity (Wildman–Crippen MR) is 75.6 cm³/mol. The van der Waals surface area contributed by atoms with Crippen LogP contribution in [0.15, 0.2) is 11.4 Å². The Hall–Kier alpha value is -1.13. The van der Waals surface area contributed by atoms with E-state index in [0.29, 0.717) is 5.15 Å². The molecule has 0 amide bonds. The summed E-state index contributed by atoms with van der Waals surface area (Å²) in [6.45, 7) is 5.99. The molecule has 1 aliphatic heterocycles. The van der Waals surface area contributed by atoms with Crippen LogP contribution in [0.3, 0.4) is 0 Å². The smallest absolute Gasteiger partial charge is 0.155 e. The summed E-state index contributed by atoms with van der Waals surface area (Å²) < 4.78 is 0. The lowest BCUT2D eigenvalue weighted by molar-refractivity contribution is 0.718. The second kappa shape index (κ2) is 4.52. The van der Waals surface area contributed by atoms with Gasteiger partial charge < -0.3 is 4.90 Å². The Bertz CT molecular complexity index is 594. The maximum Gasteiger partial charge on any atom is 0.155 e. The zero-order valence-electron chi connectivity index (χ0n) is 10.4. The van der Waals surface area contributed by atoms with Gasteiger partial charge in [-0.15, -0.1) is 21.5 Å². The van der Waals surface area contributed by atoms with Gasteiger partial charge in [0.25, 0.3) is 0 Å². The summed E-state index contributed by atoms with van der Waals surface area (Å²) in [6.07, 6.45) is 1.09. The fourth-order valence-electron chi connectivity index (χ4n) is 2.29. The van der Waals surface area contributed by atoms with Crippen molar-refractivity contribution in [1.82, 2.24) is 10.2 Å². The normalized spacial score (nSPS) is 14.7. The van der Waals surface area contributed by atoms with E-state index in [2.05, 4.69) is 33.5 Å². The summed E-state index contributed by atoms with van der Waals surface area (Å²) in [5.41, 5.74) is 3.58. The number of thiophene rings is 1. The molecule has 0 spiro atoms. The minimum Gasteiger partial charge on any atom is -0.350 e. The van der Waals surface area contributed by atoms with Crippen molar-refractivity contribution in [3.8, 4) is 0 Å². The molecule has 0 unspecified atom stereocenters. The number of rotatable bonds is 1. The van der Waals surface area contributed by atoms with Crippen molar-refractivity contribution in [2.45, 2.75) is 26.8 Å². The van der Waals surface area contributed by atoms with Gasteiger partial charge in [-0.05, 0) is 48.4 Å². The van der Waals surface area contributed by atoms with Crippen molar-refractivity contribution >= 4 is 28.8 Å². The number of anilines is 1. The van der Waals surface area contributed by atoms with Crippen molar-refractivity contribution in [2.24, 2.45) is 0 Å². The molecule has 0 radical (unpaired) electrons. The van der Waals surface area contributed by atoms with Crippen LogP contribution in [0, 0.1) is 13.8 Å². The van der Waals surface area contributed by atoms with Crippen LogP contribution in [0.1, 0.15) is 21.6 Å². The average Bonchev–Trinajstić information content (AvgIpc) is 2.83. The average molecular weight is 280 g/mol. The number of aromatic nitrogens is 2. The van der Waals surface area contributed by atoms with Crippen molar-refractivity contribution in [2.75, 3.05) is 11.4 Å². The first-order valence-corrected chi connectivity index (χ1v) is 7.22. The highest BCUT2D eigenvalue weighted by molar-refractivity contribution is 7.10. The Labute approximate surface area is 115 Å². The highest BCUT2D eigenvalue weighted by Gasteiger charge is 2.21. The molecular formula is C13H14ClN3S. The van der Waals surface area contributed by atoms with Gasteiger partial charge in [0.15, 0.2) is 11.0 Å². The van der Waals surface area contributed by atoms with Gasteiger partial charge in [0, 0.05) is 18.0 Å². The van der Waals surface area contributed by atoms with Gasteiger partial charge in [-0.25, -0.2) is 0 Å². The summed E-state index contributed by atoms with van der Waals surface area (Å²) in [5, 5.41) is 11.0. The Morgan fingerprint density at radius 2 is 2.11 bits per heavy atom. The standard InChI is InChI=1S/C13H14ClN3S/c1-8-9(2)13(16-15-12(8)14)17-5-3-11-10(7-17)4-6-18-11/h4,6H,3,5,7H2,1-2H3. The molecule has 2 aromatic heterocycles. The maximum absolute atomic E-state index is 6.00. The monoisotopic (exact) mass is 279 g/mol. The van der Waals surface area contributed by atoms with E-state index >= 15 is 0 Å². The van der Waals surface area contributed by atoms with E-state index in [1.54, 1.807) is 0 Å². The first-order chi connectivity index (χ1) is 8.66. The second-order valence-electron chi connectivity index (χ2n) is 4.60. The minimum atomic E-state index is 0.504. The lowest BCUT2D eigenvalue weighted by Gasteiger charge is -2.29. The lowest BCUT2D eigenvalue weighted by atomic mass is 10.1. The SMILES string of the molecule is Cc1c(Cl)nnc(N2CCc3sccc3C2)c1C. The highest BCUT2D eigenvalue weighted by Crippen LogP contribution is 2.30. The van der Waals surface area contributed by atoms with Gasteiger partial charge in [-0.2, -0.15) is 0 Å². The van der Waals surface area contributed by atoms with Gasteiger partial charge in [-0.3, -0.25) is 0 Å². The van der Waals surface area contributed by atoms with E-state index in [1.165, 1.54) is 10.4 Å². The van der Waals surface area contributed by atoms with Gasteiger partial charge in [0.05, 0.1) is 0 Å². The van der Waals surface area contributed by atoms with Crippen LogP contribution in [-0.2, 0) is 13.0 Å². The molecule has 3 rings (SSSR count). The Morgan fingerprint density at radius 3 is 2.94 bits per heavy atom. The Kier molecular flexibility index (Phi) is 2.99. The van der Waals surface area contributed by atoms with E-state index in [-0.39, 0.29) is 0 Å². The number of nitrogens with zero attached hydrogens (tertiary/aromatic N) is 3. The van der Waals surface area contributed by atoms with Crippen LogP contribution in [0.5, 0.6) is 0 Å². The van der Waals surface area contributed by atoms with E-state index in [4.69, 9.17) is 11.6 Å². The third-order valence-electron chi connectivity index (χ3n) is 3.55. The molecule has 18 heavy (non-hydrogen) atoms. The number of fused-ring (bicyclic) bond motifs is 1. The molecule has 0 fully saturated rings.